The third-order valence-electron chi connectivity index (χ3n) is 3.83. The Balaban J connectivity index is 1.81. The van der Waals surface area contributed by atoms with Crippen molar-refractivity contribution in [2.75, 3.05) is 33.2 Å². The van der Waals surface area contributed by atoms with E-state index in [9.17, 15) is 4.79 Å². The second-order valence-corrected chi connectivity index (χ2v) is 5.09. The Bertz CT molecular complexity index is 399. The summed E-state index contributed by atoms with van der Waals surface area (Å²) in [5, 5.41) is 2.72. The Morgan fingerprint density at radius 1 is 1.21 bits per heavy atom. The van der Waals surface area contributed by atoms with E-state index in [1.165, 1.54) is 5.56 Å². The third kappa shape index (κ3) is 3.78. The molecule has 0 bridgehead atoms. The van der Waals surface area contributed by atoms with Gasteiger partial charge in [0.25, 0.3) is 0 Å². The van der Waals surface area contributed by atoms with Crippen molar-refractivity contribution in [1.82, 2.24) is 15.1 Å². The summed E-state index contributed by atoms with van der Waals surface area (Å²) in [6.45, 7) is 6.95. The fourth-order valence-electron chi connectivity index (χ4n) is 2.53. The highest BCUT2D eigenvalue weighted by Gasteiger charge is 2.24. The first-order valence-electron chi connectivity index (χ1n) is 6.92. The summed E-state index contributed by atoms with van der Waals surface area (Å²) in [5.41, 5.74) is 1.36. The quantitative estimate of drug-likeness (QED) is 0.876. The minimum atomic E-state index is -0.0242. The Labute approximate surface area is 115 Å². The minimum absolute atomic E-state index is 0.0242. The predicted octanol–water partition coefficient (Wildman–Crippen LogP) is 0.939. The van der Waals surface area contributed by atoms with Crippen molar-refractivity contribution in [3.63, 3.8) is 0 Å². The second kappa shape index (κ2) is 6.68. The highest BCUT2D eigenvalue weighted by Crippen LogP contribution is 2.10. The molecule has 1 aromatic rings. The van der Waals surface area contributed by atoms with Gasteiger partial charge in [0.2, 0.25) is 5.91 Å². The Morgan fingerprint density at radius 3 is 2.42 bits per heavy atom. The summed E-state index contributed by atoms with van der Waals surface area (Å²) in [4.78, 5) is 16.3. The van der Waals surface area contributed by atoms with Gasteiger partial charge >= 0.3 is 0 Å². The van der Waals surface area contributed by atoms with Crippen molar-refractivity contribution >= 4 is 5.91 Å². The van der Waals surface area contributed by atoms with Crippen LogP contribution >= 0.6 is 0 Å². The van der Waals surface area contributed by atoms with Crippen molar-refractivity contribution in [3.05, 3.63) is 35.9 Å². The van der Waals surface area contributed by atoms with Crippen LogP contribution in [0.3, 0.4) is 0 Å². The molecule has 1 atom stereocenters. The maximum atomic E-state index is 11.6. The molecule has 0 radical (unpaired) electrons. The molecule has 19 heavy (non-hydrogen) atoms. The van der Waals surface area contributed by atoms with Crippen molar-refractivity contribution in [2.24, 2.45) is 0 Å². The van der Waals surface area contributed by atoms with Gasteiger partial charge in [-0.15, -0.1) is 0 Å². The van der Waals surface area contributed by atoms with E-state index in [2.05, 4.69) is 39.4 Å². The fraction of sp³-hybridized carbons (Fsp3) is 0.533. The van der Waals surface area contributed by atoms with Crippen LogP contribution in [0.25, 0.3) is 0 Å². The molecule has 0 unspecified atom stereocenters. The number of carbonyl (C=O) groups excluding carboxylic acids is 1. The maximum Gasteiger partial charge on any atom is 0.236 e. The largest absolute Gasteiger partial charge is 0.358 e. The number of carbonyl (C=O) groups is 1. The number of rotatable bonds is 4. The summed E-state index contributed by atoms with van der Waals surface area (Å²) in [5.74, 6) is 0.108. The first-order chi connectivity index (χ1) is 9.20. The Morgan fingerprint density at radius 2 is 1.84 bits per heavy atom. The first-order valence-corrected chi connectivity index (χ1v) is 6.92. The molecule has 1 aliphatic heterocycles. The van der Waals surface area contributed by atoms with Crippen molar-refractivity contribution in [3.8, 4) is 0 Å². The molecule has 0 spiro atoms. The van der Waals surface area contributed by atoms with Gasteiger partial charge in [-0.1, -0.05) is 30.3 Å². The molecule has 2 rings (SSSR count). The number of piperazine rings is 1. The number of nitrogens with one attached hydrogen (secondary N) is 1. The van der Waals surface area contributed by atoms with Crippen LogP contribution in [0.4, 0.5) is 0 Å². The fourth-order valence-corrected chi connectivity index (χ4v) is 2.53. The highest BCUT2D eigenvalue weighted by molar-refractivity contribution is 5.80. The average molecular weight is 261 g/mol. The topological polar surface area (TPSA) is 35.6 Å². The van der Waals surface area contributed by atoms with E-state index >= 15 is 0 Å². The molecule has 4 nitrogen and oxygen atoms in total. The lowest BCUT2D eigenvalue weighted by Gasteiger charge is -2.37. The molecule has 0 aliphatic carbocycles. The minimum Gasteiger partial charge on any atom is -0.358 e. The van der Waals surface area contributed by atoms with Gasteiger partial charge < -0.3 is 5.32 Å². The standard InChI is InChI=1S/C15H23N3O/c1-13(15(19)16-2)18-10-8-17(9-11-18)12-14-6-4-3-5-7-14/h3-7,13H,8-12H2,1-2H3,(H,16,19)/t13-/m1/s1. The lowest BCUT2D eigenvalue weighted by Crippen LogP contribution is -2.53. The zero-order valence-electron chi connectivity index (χ0n) is 11.8. The molecule has 1 aliphatic rings. The van der Waals surface area contributed by atoms with Crippen LogP contribution < -0.4 is 5.32 Å². The molecule has 1 N–H and O–H groups in total. The second-order valence-electron chi connectivity index (χ2n) is 5.09. The van der Waals surface area contributed by atoms with Crippen LogP contribution in [-0.4, -0.2) is 55.0 Å². The zero-order chi connectivity index (χ0) is 13.7. The first kappa shape index (κ1) is 14.0. The van der Waals surface area contributed by atoms with E-state index in [0.717, 1.165) is 32.7 Å². The molecular formula is C15H23N3O. The lowest BCUT2D eigenvalue weighted by molar-refractivity contribution is -0.126. The van der Waals surface area contributed by atoms with Crippen molar-refractivity contribution in [2.45, 2.75) is 19.5 Å². The number of benzene rings is 1. The van der Waals surface area contributed by atoms with Gasteiger partial charge in [0.05, 0.1) is 6.04 Å². The van der Waals surface area contributed by atoms with Crippen LogP contribution in [0.1, 0.15) is 12.5 Å². The number of amides is 1. The monoisotopic (exact) mass is 261 g/mol. The molecular weight excluding hydrogens is 238 g/mol. The summed E-state index contributed by atoms with van der Waals surface area (Å²) < 4.78 is 0. The number of hydrogen-bond acceptors (Lipinski definition) is 3. The van der Waals surface area contributed by atoms with Crippen LogP contribution in [0.2, 0.25) is 0 Å². The summed E-state index contributed by atoms with van der Waals surface area (Å²) in [6, 6.07) is 10.5. The van der Waals surface area contributed by atoms with Gasteiger partial charge in [-0.25, -0.2) is 0 Å². The van der Waals surface area contributed by atoms with Crippen LogP contribution in [-0.2, 0) is 11.3 Å². The molecule has 104 valence electrons. The van der Waals surface area contributed by atoms with E-state index in [4.69, 9.17) is 0 Å². The molecule has 0 saturated carbocycles. The number of hydrogen-bond donors (Lipinski definition) is 1. The smallest absolute Gasteiger partial charge is 0.236 e. The van der Waals surface area contributed by atoms with Gasteiger partial charge in [-0.05, 0) is 12.5 Å². The molecule has 0 aromatic heterocycles. The van der Waals surface area contributed by atoms with E-state index in [0.29, 0.717) is 0 Å². The van der Waals surface area contributed by atoms with Gasteiger partial charge in [-0.3, -0.25) is 14.6 Å². The number of nitrogens with zero attached hydrogens (tertiary/aromatic N) is 2. The van der Waals surface area contributed by atoms with Gasteiger partial charge in [0.1, 0.15) is 0 Å². The van der Waals surface area contributed by atoms with Crippen molar-refractivity contribution in [1.29, 1.82) is 0 Å². The van der Waals surface area contributed by atoms with Gasteiger partial charge in [-0.2, -0.15) is 0 Å². The predicted molar refractivity (Wildman–Crippen MR) is 76.8 cm³/mol. The normalized spacial score (nSPS) is 19.1. The third-order valence-corrected chi connectivity index (χ3v) is 3.83. The molecule has 1 aromatic carbocycles. The summed E-state index contributed by atoms with van der Waals surface area (Å²) in [6.07, 6.45) is 0. The Kier molecular flexibility index (Phi) is 4.93. The lowest BCUT2D eigenvalue weighted by atomic mass is 10.1. The van der Waals surface area contributed by atoms with E-state index in [1.807, 2.05) is 13.0 Å². The summed E-state index contributed by atoms with van der Waals surface area (Å²) >= 11 is 0. The highest BCUT2D eigenvalue weighted by atomic mass is 16.2. The van der Waals surface area contributed by atoms with Crippen LogP contribution in [0.15, 0.2) is 30.3 Å². The summed E-state index contributed by atoms with van der Waals surface area (Å²) in [7, 11) is 1.70. The van der Waals surface area contributed by atoms with Crippen LogP contribution in [0, 0.1) is 0 Å². The molecule has 1 heterocycles. The molecule has 4 heteroatoms. The zero-order valence-corrected chi connectivity index (χ0v) is 11.8. The molecule has 1 amide bonds. The van der Waals surface area contributed by atoms with Gasteiger partial charge in [0.15, 0.2) is 0 Å². The SMILES string of the molecule is CNC(=O)[C@@H](C)N1CCN(Cc2ccccc2)CC1. The maximum absolute atomic E-state index is 11.6. The van der Waals surface area contributed by atoms with Crippen LogP contribution in [0.5, 0.6) is 0 Å². The Hall–Kier alpha value is -1.39. The van der Waals surface area contributed by atoms with E-state index < -0.39 is 0 Å². The van der Waals surface area contributed by atoms with E-state index in [-0.39, 0.29) is 11.9 Å². The van der Waals surface area contributed by atoms with Crippen molar-refractivity contribution < 1.29 is 4.79 Å². The number of likely N-dealkylation sites (N-methyl/N-ethyl adjacent to an activating group) is 1. The van der Waals surface area contributed by atoms with E-state index in [1.54, 1.807) is 7.05 Å². The molecule has 1 fully saturated rings. The molecule has 1 saturated heterocycles. The van der Waals surface area contributed by atoms with Gasteiger partial charge in [0, 0.05) is 39.8 Å². The average Bonchev–Trinajstić information content (AvgIpc) is 2.47.